The number of pyridine rings is 1. The molecule has 2 heterocycles. The van der Waals surface area contributed by atoms with Crippen molar-refractivity contribution < 1.29 is 13.9 Å². The molecule has 0 bridgehead atoms. The molecule has 2 N–H and O–H groups in total. The number of piperidine rings is 1. The van der Waals surface area contributed by atoms with E-state index in [2.05, 4.69) is 20.5 Å². The normalized spacial score (nSPS) is 15.6. The number of aromatic nitrogens is 1. The van der Waals surface area contributed by atoms with Gasteiger partial charge in [-0.15, -0.1) is 0 Å². The third-order valence-corrected chi connectivity index (χ3v) is 7.20. The molecular formula is C28H31FN4O4. The maximum Gasteiger partial charge on any atom is 0.253 e. The highest BCUT2D eigenvalue weighted by molar-refractivity contribution is 5.86. The van der Waals surface area contributed by atoms with Crippen molar-refractivity contribution in [1.29, 1.82) is 0 Å². The van der Waals surface area contributed by atoms with Crippen LogP contribution in [0.25, 0.3) is 11.6 Å². The highest BCUT2D eigenvalue weighted by Gasteiger charge is 2.23. The van der Waals surface area contributed by atoms with Gasteiger partial charge >= 0.3 is 0 Å². The van der Waals surface area contributed by atoms with Gasteiger partial charge in [0.25, 0.3) is 10.9 Å². The minimum absolute atomic E-state index is 0.262. The molecule has 9 heteroatoms. The van der Waals surface area contributed by atoms with E-state index in [1.54, 1.807) is 25.4 Å². The molecule has 0 amide bonds. The lowest BCUT2D eigenvalue weighted by Crippen LogP contribution is -2.42. The van der Waals surface area contributed by atoms with E-state index in [9.17, 15) is 14.0 Å². The van der Waals surface area contributed by atoms with E-state index in [0.29, 0.717) is 48.6 Å². The first-order valence-electron chi connectivity index (χ1n) is 12.7. The molecule has 1 saturated heterocycles. The van der Waals surface area contributed by atoms with E-state index in [0.717, 1.165) is 54.9 Å². The van der Waals surface area contributed by atoms with Crippen LogP contribution in [0.4, 0.5) is 15.8 Å². The summed E-state index contributed by atoms with van der Waals surface area (Å²) in [6.07, 6.45) is 6.88. The summed E-state index contributed by atoms with van der Waals surface area (Å²) in [5.74, 6) is 1.60. The molecule has 2 aromatic carbocycles. The summed E-state index contributed by atoms with van der Waals surface area (Å²) >= 11 is 0. The van der Waals surface area contributed by atoms with Gasteiger partial charge in [-0.3, -0.25) is 9.59 Å². The van der Waals surface area contributed by atoms with E-state index < -0.39 is 10.9 Å². The van der Waals surface area contributed by atoms with E-state index in [1.807, 2.05) is 12.1 Å². The Labute approximate surface area is 214 Å². The summed E-state index contributed by atoms with van der Waals surface area (Å²) < 4.78 is 24.0. The SMILES string of the molecule is COc1nccc2c1=C(CNc1c(NCCN3CCC(CCOc4ccc(F)cc4)CC3)c(=O)c1=O)C=2. The molecule has 1 aliphatic carbocycles. The average molecular weight is 507 g/mol. The fourth-order valence-corrected chi connectivity index (χ4v) is 5.00. The zero-order valence-corrected chi connectivity index (χ0v) is 20.9. The predicted octanol–water partition coefficient (Wildman–Crippen LogP) is 1.48. The number of likely N-dealkylation sites (tertiary alicyclic amines) is 1. The van der Waals surface area contributed by atoms with Gasteiger partial charge in [-0.1, -0.05) is 0 Å². The standard InChI is InChI=1S/C28H31FN4O4/c1-36-28-23-19(6-10-31-28)16-20(23)17-32-25-24(26(34)27(25)35)30-11-14-33-12-7-18(8-13-33)9-15-37-22-4-2-21(29)3-5-22/h2-6,10,16,18,30,32H,7-9,11-15,17H2,1H3. The van der Waals surface area contributed by atoms with Crippen LogP contribution in [0.3, 0.4) is 0 Å². The minimum Gasteiger partial charge on any atom is -0.494 e. The van der Waals surface area contributed by atoms with Gasteiger partial charge < -0.3 is 25.0 Å². The summed E-state index contributed by atoms with van der Waals surface area (Å²) in [5.41, 5.74) is 0.761. The lowest BCUT2D eigenvalue weighted by atomic mass is 9.94. The maximum absolute atomic E-state index is 13.0. The summed E-state index contributed by atoms with van der Waals surface area (Å²) in [6.45, 7) is 4.43. The van der Waals surface area contributed by atoms with Gasteiger partial charge in [0, 0.05) is 31.0 Å². The van der Waals surface area contributed by atoms with Crippen molar-refractivity contribution in [2.75, 3.05) is 57.1 Å². The Morgan fingerprint density at radius 3 is 2.51 bits per heavy atom. The average Bonchev–Trinajstić information content (AvgIpc) is 2.91. The van der Waals surface area contributed by atoms with Crippen molar-refractivity contribution in [3.05, 3.63) is 73.2 Å². The molecule has 1 aliphatic heterocycles. The van der Waals surface area contributed by atoms with Crippen molar-refractivity contribution in [2.45, 2.75) is 19.3 Å². The topological polar surface area (TPSA) is 92.8 Å². The van der Waals surface area contributed by atoms with Crippen molar-refractivity contribution in [3.63, 3.8) is 0 Å². The zero-order valence-electron chi connectivity index (χ0n) is 20.9. The summed E-state index contributed by atoms with van der Waals surface area (Å²) in [4.78, 5) is 30.9. The van der Waals surface area contributed by atoms with Gasteiger partial charge in [-0.25, -0.2) is 9.37 Å². The van der Waals surface area contributed by atoms with E-state index in [1.165, 1.54) is 12.1 Å². The Morgan fingerprint density at radius 1 is 1.05 bits per heavy atom. The number of ether oxygens (including phenoxy) is 2. The van der Waals surface area contributed by atoms with Crippen LogP contribution in [-0.4, -0.2) is 56.3 Å². The fourth-order valence-electron chi connectivity index (χ4n) is 5.00. The van der Waals surface area contributed by atoms with Crippen molar-refractivity contribution in [2.24, 2.45) is 5.92 Å². The molecule has 1 aromatic heterocycles. The number of methoxy groups -OCH3 is 1. The molecule has 0 spiro atoms. The second-order valence-electron chi connectivity index (χ2n) is 9.52. The molecule has 2 aliphatic rings. The monoisotopic (exact) mass is 506 g/mol. The quantitative estimate of drug-likeness (QED) is 0.357. The second kappa shape index (κ2) is 11.1. The number of nitrogens with one attached hydrogen (secondary N) is 2. The molecule has 194 valence electrons. The summed E-state index contributed by atoms with van der Waals surface area (Å²) in [5, 5.41) is 8.28. The third kappa shape index (κ3) is 5.51. The zero-order chi connectivity index (χ0) is 25.8. The molecule has 8 nitrogen and oxygen atoms in total. The maximum atomic E-state index is 13.0. The number of nitrogens with zero attached hydrogens (tertiary/aromatic N) is 2. The first kappa shape index (κ1) is 25.0. The Balaban J connectivity index is 1.04. The highest BCUT2D eigenvalue weighted by Crippen LogP contribution is 2.22. The molecule has 37 heavy (non-hydrogen) atoms. The van der Waals surface area contributed by atoms with Crippen LogP contribution in [0.15, 0.2) is 46.1 Å². The number of hydrogen-bond acceptors (Lipinski definition) is 8. The summed E-state index contributed by atoms with van der Waals surface area (Å²) in [7, 11) is 1.58. The van der Waals surface area contributed by atoms with Crippen LogP contribution >= 0.6 is 0 Å². The Morgan fingerprint density at radius 2 is 1.78 bits per heavy atom. The Kier molecular flexibility index (Phi) is 7.50. The van der Waals surface area contributed by atoms with Gasteiger partial charge in [0.1, 0.15) is 22.9 Å². The molecular weight excluding hydrogens is 475 g/mol. The van der Waals surface area contributed by atoms with Crippen molar-refractivity contribution >= 4 is 23.0 Å². The second-order valence-corrected chi connectivity index (χ2v) is 9.52. The van der Waals surface area contributed by atoms with Crippen LogP contribution in [0.2, 0.25) is 0 Å². The predicted molar refractivity (Wildman–Crippen MR) is 142 cm³/mol. The number of hydrogen-bond donors (Lipinski definition) is 2. The first-order chi connectivity index (χ1) is 18.0. The number of fused-ring (bicyclic) bond motifs is 1. The van der Waals surface area contributed by atoms with Crippen LogP contribution in [0.1, 0.15) is 19.3 Å². The van der Waals surface area contributed by atoms with Crippen LogP contribution in [-0.2, 0) is 0 Å². The number of rotatable bonds is 12. The van der Waals surface area contributed by atoms with E-state index in [-0.39, 0.29) is 5.82 Å². The van der Waals surface area contributed by atoms with Crippen molar-refractivity contribution in [1.82, 2.24) is 9.88 Å². The Hall–Kier alpha value is -3.72. The minimum atomic E-state index is -0.482. The molecule has 0 saturated carbocycles. The van der Waals surface area contributed by atoms with Gasteiger partial charge in [-0.05, 0) is 85.5 Å². The van der Waals surface area contributed by atoms with E-state index in [4.69, 9.17) is 9.47 Å². The molecule has 0 unspecified atom stereocenters. The fraction of sp³-hybridized carbons (Fsp3) is 0.393. The number of anilines is 2. The smallest absolute Gasteiger partial charge is 0.253 e. The largest absolute Gasteiger partial charge is 0.494 e. The van der Waals surface area contributed by atoms with Crippen LogP contribution < -0.4 is 41.4 Å². The van der Waals surface area contributed by atoms with Gasteiger partial charge in [0.05, 0.1) is 13.7 Å². The lowest BCUT2D eigenvalue weighted by Gasteiger charge is -2.32. The number of halogens is 1. The first-order valence-corrected chi connectivity index (χ1v) is 12.7. The van der Waals surface area contributed by atoms with Crippen molar-refractivity contribution in [3.8, 4) is 11.6 Å². The molecule has 3 aromatic rings. The molecule has 5 rings (SSSR count). The molecule has 1 fully saturated rings. The number of benzene rings is 1. The van der Waals surface area contributed by atoms with Gasteiger partial charge in [-0.2, -0.15) is 0 Å². The molecule has 0 atom stereocenters. The van der Waals surface area contributed by atoms with Crippen LogP contribution in [0, 0.1) is 11.7 Å². The van der Waals surface area contributed by atoms with Gasteiger partial charge in [0.2, 0.25) is 5.88 Å². The van der Waals surface area contributed by atoms with E-state index >= 15 is 0 Å². The Bertz CT molecular complexity index is 1440. The lowest BCUT2D eigenvalue weighted by molar-refractivity contribution is 0.167. The third-order valence-electron chi connectivity index (χ3n) is 7.20. The highest BCUT2D eigenvalue weighted by atomic mass is 19.1. The molecule has 0 radical (unpaired) electrons. The van der Waals surface area contributed by atoms with Crippen LogP contribution in [0.5, 0.6) is 11.6 Å². The van der Waals surface area contributed by atoms with Gasteiger partial charge in [0.15, 0.2) is 0 Å². The summed E-state index contributed by atoms with van der Waals surface area (Å²) in [6, 6.07) is 8.03.